The molecule has 5 rings (SSSR count). The standard InChI is InChI=1S/C21H25FN6OS/c1-20-10-21(2,26(3)11-20)16(22)17(20)27(4)19-25-24-18(30-19)14-6-5-13(9-15(14)29)28-8-7-23-12-28/h5-9,12,16-17,29H,10-11H2,1-4H3/t16-,17-,20+,21+/m0/s1. The van der Waals surface area contributed by atoms with Gasteiger partial charge in [-0.05, 0) is 32.5 Å². The number of hydrogen-bond acceptors (Lipinski definition) is 7. The predicted molar refractivity (Wildman–Crippen MR) is 115 cm³/mol. The molecule has 0 amide bonds. The van der Waals surface area contributed by atoms with Crippen LogP contribution in [0, 0.1) is 5.41 Å². The average molecular weight is 429 g/mol. The van der Waals surface area contributed by atoms with Crippen LogP contribution >= 0.6 is 11.3 Å². The number of phenols is 1. The summed E-state index contributed by atoms with van der Waals surface area (Å²) in [6.07, 6.45) is 5.03. The number of rotatable bonds is 4. The molecule has 1 N–H and O–H groups in total. The molecule has 1 saturated carbocycles. The molecule has 2 aliphatic rings. The Kier molecular flexibility index (Phi) is 4.20. The van der Waals surface area contributed by atoms with E-state index in [1.54, 1.807) is 18.6 Å². The van der Waals surface area contributed by atoms with Gasteiger partial charge in [-0.2, -0.15) is 0 Å². The number of hydrogen-bond donors (Lipinski definition) is 1. The third-order valence-corrected chi connectivity index (χ3v) is 8.01. The van der Waals surface area contributed by atoms with E-state index in [1.165, 1.54) is 11.3 Å². The quantitative estimate of drug-likeness (QED) is 0.687. The minimum atomic E-state index is -0.971. The summed E-state index contributed by atoms with van der Waals surface area (Å²) in [6, 6.07) is 5.14. The number of benzene rings is 1. The number of halogens is 1. The number of alkyl halides is 1. The second kappa shape index (κ2) is 6.49. The fraction of sp³-hybridized carbons (Fsp3) is 0.476. The summed E-state index contributed by atoms with van der Waals surface area (Å²) in [5.74, 6) is 0.121. The van der Waals surface area contributed by atoms with Gasteiger partial charge in [-0.25, -0.2) is 9.37 Å². The van der Waals surface area contributed by atoms with Crippen molar-refractivity contribution in [2.75, 3.05) is 25.5 Å². The molecule has 3 heterocycles. The van der Waals surface area contributed by atoms with Gasteiger partial charge >= 0.3 is 0 Å². The van der Waals surface area contributed by atoms with Gasteiger partial charge in [0.05, 0.1) is 29.2 Å². The molecule has 1 aliphatic carbocycles. The second-order valence-electron chi connectivity index (χ2n) is 9.06. The highest BCUT2D eigenvalue weighted by Gasteiger charge is 2.66. The van der Waals surface area contributed by atoms with Gasteiger partial charge < -0.3 is 14.6 Å². The Morgan fingerprint density at radius 2 is 2.10 bits per heavy atom. The van der Waals surface area contributed by atoms with Gasteiger partial charge in [0.15, 0.2) is 5.01 Å². The summed E-state index contributed by atoms with van der Waals surface area (Å²) in [5.41, 5.74) is 0.836. The summed E-state index contributed by atoms with van der Waals surface area (Å²) in [6.45, 7) is 5.04. The first kappa shape index (κ1) is 19.4. The lowest BCUT2D eigenvalue weighted by atomic mass is 9.84. The summed E-state index contributed by atoms with van der Waals surface area (Å²) in [5, 5.41) is 20.5. The lowest BCUT2D eigenvalue weighted by Crippen LogP contribution is -2.59. The Morgan fingerprint density at radius 3 is 2.73 bits per heavy atom. The molecule has 9 heteroatoms. The fourth-order valence-electron chi connectivity index (χ4n) is 5.45. The van der Waals surface area contributed by atoms with Crippen molar-refractivity contribution in [1.29, 1.82) is 0 Å². The summed E-state index contributed by atoms with van der Waals surface area (Å²) in [4.78, 5) is 8.12. The second-order valence-corrected chi connectivity index (χ2v) is 10.0. The molecule has 4 atom stereocenters. The van der Waals surface area contributed by atoms with Crippen molar-refractivity contribution in [2.45, 2.75) is 38.0 Å². The van der Waals surface area contributed by atoms with Crippen LogP contribution in [0.4, 0.5) is 9.52 Å². The van der Waals surface area contributed by atoms with E-state index in [0.29, 0.717) is 15.7 Å². The zero-order valence-electron chi connectivity index (χ0n) is 17.4. The SMILES string of the molecule is CN(c1nnc(-c2ccc(-n3ccnc3)cc2O)s1)[C@H]1[C@H](F)[C@@]2(C)C[C@]1(C)CN2C. The van der Waals surface area contributed by atoms with Gasteiger partial charge in [-0.1, -0.05) is 18.3 Å². The van der Waals surface area contributed by atoms with Gasteiger partial charge in [0, 0.05) is 37.5 Å². The number of aromatic hydroxyl groups is 1. The average Bonchev–Trinajstić information content (AvgIpc) is 3.44. The largest absolute Gasteiger partial charge is 0.507 e. The maximum atomic E-state index is 15.5. The third kappa shape index (κ3) is 2.68. The van der Waals surface area contributed by atoms with Crippen molar-refractivity contribution >= 4 is 16.5 Å². The lowest BCUT2D eigenvalue weighted by molar-refractivity contribution is 0.0412. The van der Waals surface area contributed by atoms with Crippen LogP contribution in [-0.2, 0) is 0 Å². The first-order chi connectivity index (χ1) is 14.2. The monoisotopic (exact) mass is 428 g/mol. The molecule has 7 nitrogen and oxygen atoms in total. The molecular weight excluding hydrogens is 403 g/mol. The van der Waals surface area contributed by atoms with Gasteiger partial charge in [-0.15, -0.1) is 10.2 Å². The zero-order chi connectivity index (χ0) is 21.3. The van der Waals surface area contributed by atoms with E-state index in [1.807, 2.05) is 48.8 Å². The molecule has 1 aromatic carbocycles. The van der Waals surface area contributed by atoms with Gasteiger partial charge in [0.1, 0.15) is 11.9 Å². The first-order valence-corrected chi connectivity index (χ1v) is 10.8. The maximum Gasteiger partial charge on any atom is 0.208 e. The minimum absolute atomic E-state index is 0.121. The molecule has 2 fully saturated rings. The molecule has 1 saturated heterocycles. The number of imidazole rings is 1. The maximum absolute atomic E-state index is 15.5. The molecular formula is C21H25FN6OS. The Balaban J connectivity index is 1.43. The lowest BCUT2D eigenvalue weighted by Gasteiger charge is -2.45. The van der Waals surface area contributed by atoms with E-state index in [9.17, 15) is 5.11 Å². The van der Waals surface area contributed by atoms with Gasteiger partial charge in [0.2, 0.25) is 5.13 Å². The highest BCUT2D eigenvalue weighted by atomic mass is 32.1. The molecule has 158 valence electrons. The van der Waals surface area contributed by atoms with E-state index >= 15 is 4.39 Å². The number of likely N-dealkylation sites (tertiary alicyclic amines) is 1. The number of fused-ring (bicyclic) bond motifs is 2. The van der Waals surface area contributed by atoms with E-state index in [0.717, 1.165) is 18.7 Å². The molecule has 30 heavy (non-hydrogen) atoms. The zero-order valence-corrected chi connectivity index (χ0v) is 18.3. The van der Waals surface area contributed by atoms with E-state index in [2.05, 4.69) is 27.0 Å². The first-order valence-electron chi connectivity index (χ1n) is 9.96. The number of anilines is 1. The van der Waals surface area contributed by atoms with Crippen LogP contribution in [0.15, 0.2) is 36.9 Å². The van der Waals surface area contributed by atoms with Gasteiger partial charge in [-0.3, -0.25) is 4.90 Å². The molecule has 0 spiro atoms. The van der Waals surface area contributed by atoms with Crippen LogP contribution in [0.5, 0.6) is 5.75 Å². The van der Waals surface area contributed by atoms with Crippen LogP contribution < -0.4 is 4.90 Å². The Bertz CT molecular complexity index is 1090. The van der Waals surface area contributed by atoms with Crippen LogP contribution in [0.1, 0.15) is 20.3 Å². The molecule has 0 unspecified atom stereocenters. The highest BCUT2D eigenvalue weighted by Crippen LogP contribution is 2.57. The predicted octanol–water partition coefficient (Wildman–Crippen LogP) is 3.35. The third-order valence-electron chi connectivity index (χ3n) is 6.97. The molecule has 3 aromatic rings. The number of aromatic nitrogens is 4. The molecule has 1 aliphatic heterocycles. The Morgan fingerprint density at radius 1 is 1.30 bits per heavy atom. The normalized spacial score (nSPS) is 30.8. The topological polar surface area (TPSA) is 70.3 Å². The van der Waals surface area contributed by atoms with Crippen LogP contribution in [-0.4, -0.2) is 68.1 Å². The Labute approximate surface area is 178 Å². The van der Waals surface area contributed by atoms with Crippen LogP contribution in [0.2, 0.25) is 0 Å². The molecule has 2 aromatic heterocycles. The molecule has 0 radical (unpaired) electrons. The van der Waals surface area contributed by atoms with Crippen molar-refractivity contribution in [1.82, 2.24) is 24.6 Å². The summed E-state index contributed by atoms with van der Waals surface area (Å²) in [7, 11) is 3.91. The highest BCUT2D eigenvalue weighted by molar-refractivity contribution is 7.18. The van der Waals surface area contributed by atoms with Crippen molar-refractivity contribution in [2.24, 2.45) is 5.41 Å². The molecule has 2 bridgehead atoms. The van der Waals surface area contributed by atoms with E-state index in [-0.39, 0.29) is 17.2 Å². The van der Waals surface area contributed by atoms with Gasteiger partial charge in [0.25, 0.3) is 0 Å². The number of nitrogens with zero attached hydrogens (tertiary/aromatic N) is 6. The summed E-state index contributed by atoms with van der Waals surface area (Å²) >= 11 is 1.37. The fourth-order valence-corrected chi connectivity index (χ4v) is 6.33. The minimum Gasteiger partial charge on any atom is -0.507 e. The van der Waals surface area contributed by atoms with Crippen molar-refractivity contribution in [3.63, 3.8) is 0 Å². The van der Waals surface area contributed by atoms with Crippen LogP contribution in [0.25, 0.3) is 16.3 Å². The van der Waals surface area contributed by atoms with Crippen LogP contribution in [0.3, 0.4) is 0 Å². The number of phenolic OH excluding ortho intramolecular Hbond substituents is 1. The number of piperidine rings is 1. The summed E-state index contributed by atoms with van der Waals surface area (Å²) < 4.78 is 17.3. The van der Waals surface area contributed by atoms with E-state index < -0.39 is 11.7 Å². The van der Waals surface area contributed by atoms with Crippen molar-refractivity contribution < 1.29 is 9.50 Å². The Hall–Kier alpha value is -2.52. The van der Waals surface area contributed by atoms with Crippen molar-refractivity contribution in [3.8, 4) is 22.0 Å². The van der Waals surface area contributed by atoms with E-state index in [4.69, 9.17) is 0 Å². The smallest absolute Gasteiger partial charge is 0.208 e. The van der Waals surface area contributed by atoms with Crippen molar-refractivity contribution in [3.05, 3.63) is 36.9 Å².